The number of nitrogens with one attached hydrogen (secondary N) is 1. The Balaban J connectivity index is 2.09. The molecule has 12 heteroatoms. The van der Waals surface area contributed by atoms with Crippen LogP contribution in [0.3, 0.4) is 0 Å². The molecule has 8 nitrogen and oxygen atoms in total. The number of carbonyl (C=O) groups excluding carboxylic acids is 2. The molecule has 2 amide bonds. The number of amides is 2. The summed E-state index contributed by atoms with van der Waals surface area (Å²) in [5.74, 6) is -0.690. The molecule has 1 unspecified atom stereocenters. The Morgan fingerprint density at radius 3 is 2.12 bits per heavy atom. The molecule has 0 spiro atoms. The third-order valence-electron chi connectivity index (χ3n) is 6.31. The first-order valence-corrected chi connectivity index (χ1v) is 15.6. The molecule has 0 aromatic heterocycles. The molecule has 0 saturated carbocycles. The van der Waals surface area contributed by atoms with E-state index in [1.807, 2.05) is 27.7 Å². The second kappa shape index (κ2) is 13.5. The van der Waals surface area contributed by atoms with Gasteiger partial charge in [-0.2, -0.15) is 0 Å². The van der Waals surface area contributed by atoms with Gasteiger partial charge in [0.1, 0.15) is 18.3 Å². The zero-order valence-electron chi connectivity index (χ0n) is 24.2. The molecule has 0 bridgehead atoms. The van der Waals surface area contributed by atoms with E-state index in [1.165, 1.54) is 42.3 Å². The summed E-state index contributed by atoms with van der Waals surface area (Å²) in [5, 5.41) is 3.67. The van der Waals surface area contributed by atoms with Gasteiger partial charge in [-0.3, -0.25) is 13.9 Å². The lowest BCUT2D eigenvalue weighted by Crippen LogP contribution is -2.54. The molecule has 0 aliphatic carbocycles. The first kappa shape index (κ1) is 33.5. The van der Waals surface area contributed by atoms with Crippen LogP contribution >= 0.6 is 34.8 Å². The Hall–Kier alpha value is -2.98. The van der Waals surface area contributed by atoms with Gasteiger partial charge in [0.05, 0.1) is 32.8 Å². The smallest absolute Gasteiger partial charge is 0.264 e. The van der Waals surface area contributed by atoms with Gasteiger partial charge in [-0.15, -0.1) is 0 Å². The van der Waals surface area contributed by atoms with E-state index in [2.05, 4.69) is 5.32 Å². The molecular weight excluding hydrogens is 621 g/mol. The predicted octanol–water partition coefficient (Wildman–Crippen LogP) is 6.49. The van der Waals surface area contributed by atoms with E-state index in [0.717, 1.165) is 9.87 Å². The van der Waals surface area contributed by atoms with Crippen LogP contribution < -0.4 is 14.4 Å². The molecule has 1 N–H and O–H groups in total. The molecule has 1 atom stereocenters. The highest BCUT2D eigenvalue weighted by Crippen LogP contribution is 2.32. The number of halogens is 3. The molecule has 0 radical (unpaired) electrons. The molecule has 0 heterocycles. The molecule has 3 aromatic rings. The van der Waals surface area contributed by atoms with Crippen molar-refractivity contribution in [2.45, 2.75) is 57.6 Å². The van der Waals surface area contributed by atoms with Crippen molar-refractivity contribution in [2.75, 3.05) is 18.0 Å². The van der Waals surface area contributed by atoms with Crippen LogP contribution in [0.5, 0.6) is 5.75 Å². The van der Waals surface area contributed by atoms with Crippen LogP contribution in [0, 0.1) is 6.92 Å². The maximum absolute atomic E-state index is 14.1. The average Bonchev–Trinajstić information content (AvgIpc) is 2.91. The topological polar surface area (TPSA) is 96.0 Å². The third-order valence-corrected chi connectivity index (χ3v) is 9.14. The average molecular weight is 655 g/mol. The van der Waals surface area contributed by atoms with Crippen LogP contribution in [0.2, 0.25) is 15.1 Å². The lowest BCUT2D eigenvalue weighted by Gasteiger charge is -2.33. The van der Waals surface area contributed by atoms with Gasteiger partial charge >= 0.3 is 0 Å². The molecule has 226 valence electrons. The van der Waals surface area contributed by atoms with E-state index >= 15 is 0 Å². The Bertz CT molecular complexity index is 1560. The summed E-state index contributed by atoms with van der Waals surface area (Å²) in [7, 11) is -2.81. The van der Waals surface area contributed by atoms with Crippen LogP contribution in [0.25, 0.3) is 0 Å². The van der Waals surface area contributed by atoms with Crippen molar-refractivity contribution < 1.29 is 22.7 Å². The van der Waals surface area contributed by atoms with Crippen LogP contribution in [0.4, 0.5) is 5.69 Å². The normalized spacial score (nSPS) is 12.4. The second-order valence-corrected chi connectivity index (χ2v) is 13.9. The van der Waals surface area contributed by atoms with Gasteiger partial charge in [-0.1, -0.05) is 58.6 Å². The van der Waals surface area contributed by atoms with Crippen LogP contribution in [0.1, 0.15) is 38.8 Å². The first-order valence-electron chi connectivity index (χ1n) is 13.0. The molecule has 3 aromatic carbocycles. The zero-order valence-corrected chi connectivity index (χ0v) is 27.3. The number of hydrogen-bond donors (Lipinski definition) is 1. The molecule has 0 saturated heterocycles. The van der Waals surface area contributed by atoms with E-state index in [0.29, 0.717) is 16.3 Å². The van der Waals surface area contributed by atoms with Crippen molar-refractivity contribution in [1.29, 1.82) is 0 Å². The van der Waals surface area contributed by atoms with E-state index in [1.54, 1.807) is 37.3 Å². The summed E-state index contributed by atoms with van der Waals surface area (Å²) in [6, 6.07) is 14.6. The monoisotopic (exact) mass is 653 g/mol. The van der Waals surface area contributed by atoms with Gasteiger partial charge in [0.25, 0.3) is 10.0 Å². The van der Waals surface area contributed by atoms with Gasteiger partial charge in [0, 0.05) is 12.1 Å². The molecule has 0 fully saturated rings. The SMILES string of the molecule is COc1ccc(N(CC(=O)N(Cc2ccc(Cl)c(Cl)c2)C(C)C(=O)NC(C)(C)C)S(=O)(=O)c2ccc(C)cc2)cc1Cl. The summed E-state index contributed by atoms with van der Waals surface area (Å²) in [5.41, 5.74) is 1.06. The Labute approximate surface area is 262 Å². The van der Waals surface area contributed by atoms with Gasteiger partial charge in [-0.25, -0.2) is 8.42 Å². The lowest BCUT2D eigenvalue weighted by molar-refractivity contribution is -0.140. The second-order valence-electron chi connectivity index (χ2n) is 10.8. The minimum absolute atomic E-state index is 0.0117. The van der Waals surface area contributed by atoms with Crippen molar-refractivity contribution in [1.82, 2.24) is 10.2 Å². The quantitative estimate of drug-likeness (QED) is 0.270. The molecule has 0 aliphatic heterocycles. The summed E-state index contributed by atoms with van der Waals surface area (Å²) in [6.07, 6.45) is 0. The number of nitrogens with zero attached hydrogens (tertiary/aromatic N) is 2. The summed E-state index contributed by atoms with van der Waals surface area (Å²) in [4.78, 5) is 28.6. The summed E-state index contributed by atoms with van der Waals surface area (Å²) in [6.45, 7) is 8.25. The highest BCUT2D eigenvalue weighted by Gasteiger charge is 2.33. The number of rotatable bonds is 10. The fourth-order valence-electron chi connectivity index (χ4n) is 4.07. The zero-order chi connectivity index (χ0) is 31.4. The minimum atomic E-state index is -4.25. The van der Waals surface area contributed by atoms with Crippen molar-refractivity contribution in [2.24, 2.45) is 0 Å². The maximum Gasteiger partial charge on any atom is 0.264 e. The Kier molecular flexibility index (Phi) is 10.8. The highest BCUT2D eigenvalue weighted by molar-refractivity contribution is 7.92. The van der Waals surface area contributed by atoms with E-state index in [-0.39, 0.29) is 27.2 Å². The number of carbonyl (C=O) groups is 2. The lowest BCUT2D eigenvalue weighted by atomic mass is 10.1. The number of methoxy groups -OCH3 is 1. The molecule has 3 rings (SSSR count). The van der Waals surface area contributed by atoms with E-state index in [9.17, 15) is 18.0 Å². The van der Waals surface area contributed by atoms with Crippen LogP contribution in [0.15, 0.2) is 65.6 Å². The third kappa shape index (κ3) is 8.31. The van der Waals surface area contributed by atoms with Gasteiger partial charge < -0.3 is 15.0 Å². The van der Waals surface area contributed by atoms with Crippen molar-refractivity contribution in [3.8, 4) is 5.75 Å². The summed E-state index contributed by atoms with van der Waals surface area (Å²) >= 11 is 18.7. The number of anilines is 1. The molecule has 0 aliphatic rings. The molecule has 42 heavy (non-hydrogen) atoms. The number of ether oxygens (including phenoxy) is 1. The maximum atomic E-state index is 14.1. The standard InChI is InChI=1S/C30H34Cl3N3O5S/c1-19-7-11-23(12-8-19)42(39,40)36(22-10-14-27(41-6)26(33)16-22)18-28(37)35(20(2)29(38)34-30(3,4)5)17-21-9-13-24(31)25(32)15-21/h7-16,20H,17-18H2,1-6H3,(H,34,38). The van der Waals surface area contributed by atoms with E-state index < -0.39 is 40.0 Å². The Morgan fingerprint density at radius 2 is 1.57 bits per heavy atom. The predicted molar refractivity (Wildman–Crippen MR) is 168 cm³/mol. The minimum Gasteiger partial charge on any atom is -0.495 e. The van der Waals surface area contributed by atoms with Gasteiger partial charge in [-0.05, 0) is 82.6 Å². The number of hydrogen-bond acceptors (Lipinski definition) is 5. The van der Waals surface area contributed by atoms with Crippen molar-refractivity contribution >= 4 is 62.3 Å². The summed E-state index contributed by atoms with van der Waals surface area (Å²) < 4.78 is 34.1. The fourth-order valence-corrected chi connectivity index (χ4v) is 6.05. The fraction of sp³-hybridized carbons (Fsp3) is 0.333. The van der Waals surface area contributed by atoms with E-state index in [4.69, 9.17) is 39.5 Å². The molecular formula is C30H34Cl3N3O5S. The Morgan fingerprint density at radius 1 is 0.929 bits per heavy atom. The van der Waals surface area contributed by atoms with Gasteiger partial charge in [0.15, 0.2) is 0 Å². The number of sulfonamides is 1. The van der Waals surface area contributed by atoms with Crippen molar-refractivity contribution in [3.05, 3.63) is 86.9 Å². The number of aryl methyl sites for hydroxylation is 1. The first-order chi connectivity index (χ1) is 19.5. The largest absolute Gasteiger partial charge is 0.495 e. The van der Waals surface area contributed by atoms with Crippen LogP contribution in [-0.2, 0) is 26.2 Å². The highest BCUT2D eigenvalue weighted by atomic mass is 35.5. The van der Waals surface area contributed by atoms with Crippen LogP contribution in [-0.4, -0.2) is 50.4 Å². The number of benzene rings is 3. The van der Waals surface area contributed by atoms with Crippen molar-refractivity contribution in [3.63, 3.8) is 0 Å². The van der Waals surface area contributed by atoms with Gasteiger partial charge in [0.2, 0.25) is 11.8 Å².